The van der Waals surface area contributed by atoms with E-state index in [1.54, 1.807) is 12.0 Å². The van der Waals surface area contributed by atoms with Crippen LogP contribution in [0.4, 0.5) is 11.4 Å². The molecule has 0 radical (unpaired) electrons. The molecule has 1 N–H and O–H groups in total. The lowest BCUT2D eigenvalue weighted by atomic mass is 10.1. The molecule has 2 amide bonds. The SMILES string of the molecule is COC[C@H](C)N1C[C@@H](C(=O)Nc2ccc([N+](=O)[O-])cc2OC)CC1=O. The van der Waals surface area contributed by atoms with Crippen LogP contribution in [-0.4, -0.2) is 55.1 Å². The second-order valence-corrected chi connectivity index (χ2v) is 5.88. The summed E-state index contributed by atoms with van der Waals surface area (Å²) in [6.07, 6.45) is 0.120. The van der Waals surface area contributed by atoms with Crippen molar-refractivity contribution in [3.05, 3.63) is 28.3 Å². The maximum Gasteiger partial charge on any atom is 0.273 e. The van der Waals surface area contributed by atoms with E-state index >= 15 is 0 Å². The minimum atomic E-state index is -0.543. The first-order valence-corrected chi connectivity index (χ1v) is 7.79. The van der Waals surface area contributed by atoms with Crippen LogP contribution in [0.2, 0.25) is 0 Å². The van der Waals surface area contributed by atoms with Crippen molar-refractivity contribution in [2.45, 2.75) is 19.4 Å². The highest BCUT2D eigenvalue weighted by Gasteiger charge is 2.36. The van der Waals surface area contributed by atoms with Gasteiger partial charge in [-0.3, -0.25) is 19.7 Å². The summed E-state index contributed by atoms with van der Waals surface area (Å²) in [4.78, 5) is 36.4. The van der Waals surface area contributed by atoms with Crippen molar-refractivity contribution in [3.8, 4) is 5.75 Å². The molecular weight excluding hydrogens is 330 g/mol. The third kappa shape index (κ3) is 4.24. The number of likely N-dealkylation sites (tertiary alicyclic amines) is 1. The van der Waals surface area contributed by atoms with Crippen molar-refractivity contribution in [2.75, 3.05) is 32.7 Å². The zero-order valence-electron chi connectivity index (χ0n) is 14.4. The average molecular weight is 351 g/mol. The van der Waals surface area contributed by atoms with Gasteiger partial charge >= 0.3 is 0 Å². The molecule has 1 aliphatic rings. The number of amides is 2. The number of ether oxygens (including phenoxy) is 2. The van der Waals surface area contributed by atoms with Gasteiger partial charge in [-0.1, -0.05) is 0 Å². The molecule has 25 heavy (non-hydrogen) atoms. The van der Waals surface area contributed by atoms with Gasteiger partial charge in [-0.25, -0.2) is 0 Å². The number of hydrogen-bond acceptors (Lipinski definition) is 6. The lowest BCUT2D eigenvalue weighted by Crippen LogP contribution is -2.38. The summed E-state index contributed by atoms with van der Waals surface area (Å²) in [5, 5.41) is 13.5. The second-order valence-electron chi connectivity index (χ2n) is 5.88. The van der Waals surface area contributed by atoms with E-state index in [2.05, 4.69) is 5.32 Å². The Kier molecular flexibility index (Phi) is 5.92. The van der Waals surface area contributed by atoms with Crippen LogP contribution in [0.15, 0.2) is 18.2 Å². The van der Waals surface area contributed by atoms with Gasteiger partial charge in [0.05, 0.1) is 42.4 Å². The molecule has 1 aromatic carbocycles. The fraction of sp³-hybridized carbons (Fsp3) is 0.500. The van der Waals surface area contributed by atoms with Crippen molar-refractivity contribution >= 4 is 23.2 Å². The first-order valence-electron chi connectivity index (χ1n) is 7.79. The van der Waals surface area contributed by atoms with Gasteiger partial charge in [0.25, 0.3) is 5.69 Å². The Morgan fingerprint density at radius 1 is 1.48 bits per heavy atom. The third-order valence-electron chi connectivity index (χ3n) is 4.12. The third-order valence-corrected chi connectivity index (χ3v) is 4.12. The van der Waals surface area contributed by atoms with Gasteiger partial charge in [0.15, 0.2) is 0 Å². The maximum atomic E-state index is 12.5. The van der Waals surface area contributed by atoms with Gasteiger partial charge in [0.1, 0.15) is 5.75 Å². The quantitative estimate of drug-likeness (QED) is 0.587. The Bertz CT molecular complexity index is 678. The topological polar surface area (TPSA) is 111 Å². The van der Waals surface area contributed by atoms with Crippen LogP contribution in [0.1, 0.15) is 13.3 Å². The zero-order valence-corrected chi connectivity index (χ0v) is 14.4. The molecule has 1 aromatic rings. The number of non-ortho nitro benzene ring substituents is 1. The summed E-state index contributed by atoms with van der Waals surface area (Å²) in [5.74, 6) is -0.726. The molecular formula is C16H21N3O6. The molecule has 0 unspecified atom stereocenters. The molecule has 1 heterocycles. The maximum absolute atomic E-state index is 12.5. The number of carbonyl (C=O) groups is 2. The zero-order chi connectivity index (χ0) is 18.6. The Morgan fingerprint density at radius 3 is 2.80 bits per heavy atom. The van der Waals surface area contributed by atoms with Crippen LogP contribution in [0.25, 0.3) is 0 Å². The van der Waals surface area contributed by atoms with Crippen molar-refractivity contribution in [2.24, 2.45) is 5.92 Å². The molecule has 0 saturated carbocycles. The lowest BCUT2D eigenvalue weighted by molar-refractivity contribution is -0.384. The van der Waals surface area contributed by atoms with E-state index in [9.17, 15) is 19.7 Å². The summed E-state index contributed by atoms with van der Waals surface area (Å²) in [6.45, 7) is 2.57. The molecule has 0 spiro atoms. The monoisotopic (exact) mass is 351 g/mol. The Balaban J connectivity index is 2.08. The van der Waals surface area contributed by atoms with E-state index in [1.807, 2.05) is 6.92 Å². The molecule has 9 nitrogen and oxygen atoms in total. The number of benzene rings is 1. The van der Waals surface area contributed by atoms with Gasteiger partial charge in [0.2, 0.25) is 11.8 Å². The van der Waals surface area contributed by atoms with Gasteiger partial charge < -0.3 is 19.7 Å². The highest BCUT2D eigenvalue weighted by atomic mass is 16.6. The number of nitro groups is 1. The van der Waals surface area contributed by atoms with Gasteiger partial charge in [-0.15, -0.1) is 0 Å². The summed E-state index contributed by atoms with van der Waals surface area (Å²) < 4.78 is 10.1. The Hall–Kier alpha value is -2.68. The molecule has 0 bridgehead atoms. The van der Waals surface area contributed by atoms with Crippen molar-refractivity contribution in [1.82, 2.24) is 4.90 Å². The van der Waals surface area contributed by atoms with Gasteiger partial charge in [-0.2, -0.15) is 0 Å². The number of hydrogen-bond donors (Lipinski definition) is 1. The summed E-state index contributed by atoms with van der Waals surface area (Å²) in [6, 6.07) is 3.83. The molecule has 9 heteroatoms. The first-order chi connectivity index (χ1) is 11.9. The van der Waals surface area contributed by atoms with E-state index in [0.29, 0.717) is 18.8 Å². The van der Waals surface area contributed by atoms with Crippen LogP contribution in [0, 0.1) is 16.0 Å². The fourth-order valence-electron chi connectivity index (χ4n) is 2.80. The lowest BCUT2D eigenvalue weighted by Gasteiger charge is -2.24. The highest BCUT2D eigenvalue weighted by molar-refractivity contribution is 5.98. The smallest absolute Gasteiger partial charge is 0.273 e. The number of methoxy groups -OCH3 is 2. The van der Waals surface area contributed by atoms with E-state index in [1.165, 1.54) is 25.3 Å². The van der Waals surface area contributed by atoms with Crippen LogP contribution in [0.3, 0.4) is 0 Å². The van der Waals surface area contributed by atoms with Crippen molar-refractivity contribution in [3.63, 3.8) is 0 Å². The summed E-state index contributed by atoms with van der Waals surface area (Å²) >= 11 is 0. The first kappa shape index (κ1) is 18.7. The Labute approximate surface area is 145 Å². The molecule has 2 atom stereocenters. The molecule has 1 saturated heterocycles. The largest absolute Gasteiger partial charge is 0.494 e. The number of anilines is 1. The number of nitrogens with zero attached hydrogens (tertiary/aromatic N) is 2. The van der Waals surface area contributed by atoms with Crippen LogP contribution >= 0.6 is 0 Å². The number of nitrogens with one attached hydrogen (secondary N) is 1. The van der Waals surface area contributed by atoms with E-state index in [4.69, 9.17) is 9.47 Å². The summed E-state index contributed by atoms with van der Waals surface area (Å²) in [5.41, 5.74) is 0.194. The average Bonchev–Trinajstić information content (AvgIpc) is 2.97. The van der Waals surface area contributed by atoms with Crippen molar-refractivity contribution in [1.29, 1.82) is 0 Å². The number of rotatable bonds is 7. The van der Waals surface area contributed by atoms with E-state index in [0.717, 1.165) is 0 Å². The van der Waals surface area contributed by atoms with Crippen LogP contribution in [0.5, 0.6) is 5.75 Å². The van der Waals surface area contributed by atoms with Crippen LogP contribution in [-0.2, 0) is 14.3 Å². The molecule has 0 aliphatic carbocycles. The van der Waals surface area contributed by atoms with Crippen LogP contribution < -0.4 is 10.1 Å². The number of carbonyl (C=O) groups excluding carboxylic acids is 2. The molecule has 136 valence electrons. The predicted molar refractivity (Wildman–Crippen MR) is 89.4 cm³/mol. The number of nitro benzene ring substituents is 1. The molecule has 2 rings (SSSR count). The molecule has 1 aliphatic heterocycles. The highest BCUT2D eigenvalue weighted by Crippen LogP contribution is 2.30. The second kappa shape index (κ2) is 7.93. The molecule has 0 aromatic heterocycles. The van der Waals surface area contributed by atoms with Gasteiger partial charge in [0, 0.05) is 26.1 Å². The van der Waals surface area contributed by atoms with Gasteiger partial charge in [-0.05, 0) is 13.0 Å². The normalized spacial score (nSPS) is 18.1. The minimum Gasteiger partial charge on any atom is -0.494 e. The van der Waals surface area contributed by atoms with E-state index in [-0.39, 0.29) is 35.7 Å². The predicted octanol–water partition coefficient (Wildman–Crippen LogP) is 1.43. The van der Waals surface area contributed by atoms with E-state index < -0.39 is 10.8 Å². The Morgan fingerprint density at radius 2 is 2.20 bits per heavy atom. The summed E-state index contributed by atoms with van der Waals surface area (Å²) in [7, 11) is 2.92. The molecule has 1 fully saturated rings. The van der Waals surface area contributed by atoms with Crippen molar-refractivity contribution < 1.29 is 24.0 Å². The fourth-order valence-corrected chi connectivity index (χ4v) is 2.80. The standard InChI is InChI=1S/C16H21N3O6/c1-10(9-24-2)18-8-11(6-15(18)20)16(21)17-13-5-4-12(19(22)23)7-14(13)25-3/h4-5,7,10-11H,6,8-9H2,1-3H3,(H,17,21)/t10-,11-/m0/s1. The minimum absolute atomic E-state index is 0.0969.